The molecular weight excluding hydrogens is 308 g/mol. The van der Waals surface area contributed by atoms with Crippen molar-refractivity contribution >= 4 is 0 Å². The van der Waals surface area contributed by atoms with Crippen molar-refractivity contribution in [2.24, 2.45) is 0 Å². The summed E-state index contributed by atoms with van der Waals surface area (Å²) in [7, 11) is 0. The lowest BCUT2D eigenvalue weighted by molar-refractivity contribution is 0.320. The second-order valence-corrected chi connectivity index (χ2v) is 6.15. The minimum Gasteiger partial charge on any atom is -0.493 e. The molecule has 0 bridgehead atoms. The van der Waals surface area contributed by atoms with Crippen molar-refractivity contribution in [3.63, 3.8) is 0 Å². The Morgan fingerprint density at radius 3 is 1.48 bits per heavy atom. The molecule has 0 saturated heterocycles. The molecule has 0 N–H and O–H groups in total. The Balaban J connectivity index is 1.51. The van der Waals surface area contributed by atoms with E-state index in [4.69, 9.17) is 9.47 Å². The molecule has 3 aromatic rings. The molecular formula is C23H24O2. The van der Waals surface area contributed by atoms with Gasteiger partial charge in [-0.3, -0.25) is 0 Å². The van der Waals surface area contributed by atoms with Crippen LogP contribution in [0.1, 0.15) is 16.7 Å². The molecule has 0 aliphatic heterocycles. The zero-order chi connectivity index (χ0) is 17.3. The molecule has 0 spiro atoms. The lowest BCUT2D eigenvalue weighted by Gasteiger charge is -2.10. The number of ether oxygens (including phenoxy) is 2. The highest BCUT2D eigenvalue weighted by Gasteiger charge is 2.01. The maximum Gasteiger partial charge on any atom is 0.119 e. The fourth-order valence-electron chi connectivity index (χ4n) is 2.84. The minimum absolute atomic E-state index is 0.688. The fraction of sp³-hybridized carbons (Fsp3) is 0.217. The van der Waals surface area contributed by atoms with E-state index in [0.29, 0.717) is 13.2 Å². The van der Waals surface area contributed by atoms with Crippen LogP contribution in [0.4, 0.5) is 0 Å². The van der Waals surface area contributed by atoms with Gasteiger partial charge < -0.3 is 9.47 Å². The first-order valence-corrected chi connectivity index (χ1v) is 8.75. The summed E-state index contributed by atoms with van der Waals surface area (Å²) >= 11 is 0. The lowest BCUT2D eigenvalue weighted by Crippen LogP contribution is -2.04. The maximum atomic E-state index is 5.80. The van der Waals surface area contributed by atoms with Gasteiger partial charge in [-0.25, -0.2) is 0 Å². The average molecular weight is 332 g/mol. The van der Waals surface area contributed by atoms with Crippen LogP contribution in [0.15, 0.2) is 78.9 Å². The summed E-state index contributed by atoms with van der Waals surface area (Å²) in [4.78, 5) is 0. The van der Waals surface area contributed by atoms with Crippen molar-refractivity contribution in [3.8, 4) is 11.5 Å². The van der Waals surface area contributed by atoms with Gasteiger partial charge in [0.05, 0.1) is 13.2 Å². The molecule has 0 unspecified atom stereocenters. The molecule has 0 atom stereocenters. The Bertz CT molecular complexity index is 703. The van der Waals surface area contributed by atoms with Crippen LogP contribution in [0.5, 0.6) is 11.5 Å². The van der Waals surface area contributed by atoms with E-state index in [2.05, 4.69) is 25.1 Å². The lowest BCUT2D eigenvalue weighted by atomic mass is 10.0. The van der Waals surface area contributed by atoms with E-state index < -0.39 is 0 Å². The van der Waals surface area contributed by atoms with Crippen LogP contribution >= 0.6 is 0 Å². The molecule has 3 rings (SSSR count). The molecule has 0 amide bonds. The van der Waals surface area contributed by atoms with Gasteiger partial charge in [-0.2, -0.15) is 0 Å². The van der Waals surface area contributed by atoms with Crippen LogP contribution in [0.3, 0.4) is 0 Å². The first kappa shape index (κ1) is 17.1. The molecule has 128 valence electrons. The largest absolute Gasteiger partial charge is 0.493 e. The zero-order valence-electron chi connectivity index (χ0n) is 14.7. The van der Waals surface area contributed by atoms with E-state index in [1.165, 1.54) is 16.7 Å². The zero-order valence-corrected chi connectivity index (χ0v) is 14.7. The van der Waals surface area contributed by atoms with Gasteiger partial charge in [-0.1, -0.05) is 60.2 Å². The van der Waals surface area contributed by atoms with E-state index in [-0.39, 0.29) is 0 Å². The summed E-state index contributed by atoms with van der Waals surface area (Å²) in [5.41, 5.74) is 3.91. The number of para-hydroxylation sites is 2. The van der Waals surface area contributed by atoms with Crippen molar-refractivity contribution in [1.29, 1.82) is 0 Å². The van der Waals surface area contributed by atoms with E-state index in [9.17, 15) is 0 Å². The molecule has 0 radical (unpaired) electrons. The van der Waals surface area contributed by atoms with Gasteiger partial charge in [-0.15, -0.1) is 0 Å². The highest BCUT2D eigenvalue weighted by atomic mass is 16.5. The molecule has 25 heavy (non-hydrogen) atoms. The second kappa shape index (κ2) is 8.93. The van der Waals surface area contributed by atoms with E-state index in [1.54, 1.807) is 0 Å². The summed E-state index contributed by atoms with van der Waals surface area (Å²) in [5.74, 6) is 1.85. The molecule has 2 nitrogen and oxygen atoms in total. The molecule has 0 fully saturated rings. The van der Waals surface area contributed by atoms with Gasteiger partial charge in [0.1, 0.15) is 11.5 Å². The molecule has 0 aliphatic carbocycles. The fourth-order valence-corrected chi connectivity index (χ4v) is 2.84. The van der Waals surface area contributed by atoms with Crippen molar-refractivity contribution in [2.75, 3.05) is 13.2 Å². The van der Waals surface area contributed by atoms with Gasteiger partial charge in [0.15, 0.2) is 0 Å². The molecule has 3 aromatic carbocycles. The summed E-state index contributed by atoms with van der Waals surface area (Å²) in [6.45, 7) is 3.52. The monoisotopic (exact) mass is 332 g/mol. The number of rotatable bonds is 8. The summed E-state index contributed by atoms with van der Waals surface area (Å²) in [6, 6.07) is 26.6. The Labute approximate surface area is 150 Å². The van der Waals surface area contributed by atoms with Crippen LogP contribution in [0.2, 0.25) is 0 Å². The van der Waals surface area contributed by atoms with Gasteiger partial charge >= 0.3 is 0 Å². The van der Waals surface area contributed by atoms with Crippen LogP contribution in [-0.2, 0) is 12.8 Å². The number of hydrogen-bond acceptors (Lipinski definition) is 2. The normalized spacial score (nSPS) is 10.4. The quantitative estimate of drug-likeness (QED) is 0.562. The second-order valence-electron chi connectivity index (χ2n) is 6.15. The average Bonchev–Trinajstić information content (AvgIpc) is 2.63. The van der Waals surface area contributed by atoms with Gasteiger partial charge in [0.25, 0.3) is 0 Å². The molecule has 0 aromatic heterocycles. The Morgan fingerprint density at radius 2 is 1.04 bits per heavy atom. The van der Waals surface area contributed by atoms with Gasteiger partial charge in [0.2, 0.25) is 0 Å². The third kappa shape index (κ3) is 5.68. The van der Waals surface area contributed by atoms with Gasteiger partial charge in [-0.05, 0) is 42.3 Å². The Morgan fingerprint density at radius 1 is 0.600 bits per heavy atom. The molecule has 0 heterocycles. The maximum absolute atomic E-state index is 5.80. The van der Waals surface area contributed by atoms with Crippen molar-refractivity contribution in [1.82, 2.24) is 0 Å². The number of benzene rings is 3. The highest BCUT2D eigenvalue weighted by Crippen LogP contribution is 2.14. The number of hydrogen-bond donors (Lipinski definition) is 0. The first-order valence-electron chi connectivity index (χ1n) is 8.75. The van der Waals surface area contributed by atoms with Crippen LogP contribution in [0, 0.1) is 6.92 Å². The number of aryl methyl sites for hydroxylation is 1. The Kier molecular flexibility index (Phi) is 6.11. The van der Waals surface area contributed by atoms with Crippen molar-refractivity contribution < 1.29 is 9.47 Å². The van der Waals surface area contributed by atoms with Crippen LogP contribution in [-0.4, -0.2) is 13.2 Å². The third-order valence-electron chi connectivity index (χ3n) is 4.00. The van der Waals surface area contributed by atoms with Gasteiger partial charge in [0, 0.05) is 12.8 Å². The molecule has 2 heteroatoms. The van der Waals surface area contributed by atoms with Crippen LogP contribution in [0.25, 0.3) is 0 Å². The SMILES string of the molecule is Cc1cc(CCOc2ccccc2)cc(CCOc2ccccc2)c1. The van der Waals surface area contributed by atoms with Crippen molar-refractivity contribution in [2.45, 2.75) is 19.8 Å². The van der Waals surface area contributed by atoms with E-state index in [1.807, 2.05) is 60.7 Å². The van der Waals surface area contributed by atoms with Crippen LogP contribution < -0.4 is 9.47 Å². The smallest absolute Gasteiger partial charge is 0.119 e. The summed E-state index contributed by atoms with van der Waals surface area (Å²) in [5, 5.41) is 0. The van der Waals surface area contributed by atoms with E-state index in [0.717, 1.165) is 24.3 Å². The first-order chi connectivity index (χ1) is 12.3. The van der Waals surface area contributed by atoms with Crippen molar-refractivity contribution in [3.05, 3.63) is 95.6 Å². The van der Waals surface area contributed by atoms with E-state index >= 15 is 0 Å². The summed E-state index contributed by atoms with van der Waals surface area (Å²) < 4.78 is 11.6. The summed E-state index contributed by atoms with van der Waals surface area (Å²) in [6.07, 6.45) is 1.81. The third-order valence-corrected chi connectivity index (χ3v) is 4.00. The standard InChI is InChI=1S/C23H24O2/c1-19-16-20(12-14-24-22-8-4-2-5-9-22)18-21(17-19)13-15-25-23-10-6-3-7-11-23/h2-11,16-18H,12-15H2,1H3. The minimum atomic E-state index is 0.688. The predicted molar refractivity (Wildman–Crippen MR) is 102 cm³/mol. The molecule has 0 aliphatic rings. The highest BCUT2D eigenvalue weighted by molar-refractivity contribution is 5.30. The predicted octanol–water partition coefficient (Wildman–Crippen LogP) is 5.24. The molecule has 0 saturated carbocycles. The Hall–Kier alpha value is -2.74. The topological polar surface area (TPSA) is 18.5 Å².